The highest BCUT2D eigenvalue weighted by Crippen LogP contribution is 2.28. The number of aryl methyl sites for hydroxylation is 1. The van der Waals surface area contributed by atoms with Crippen molar-refractivity contribution in [1.82, 2.24) is 14.8 Å². The average molecular weight is 435 g/mol. The molecule has 0 spiro atoms. The number of thioether (sulfide) groups is 1. The number of para-hydroxylation sites is 2. The molecule has 5 nitrogen and oxygen atoms in total. The van der Waals surface area contributed by atoms with Gasteiger partial charge in [0.05, 0.1) is 16.5 Å². The van der Waals surface area contributed by atoms with E-state index in [0.717, 1.165) is 17.1 Å². The molecule has 0 saturated carbocycles. The molecule has 0 bridgehead atoms. The van der Waals surface area contributed by atoms with Gasteiger partial charge in [0.1, 0.15) is 0 Å². The molecule has 3 aromatic carbocycles. The summed E-state index contributed by atoms with van der Waals surface area (Å²) >= 11 is 7.45. The monoisotopic (exact) mass is 434 g/mol. The van der Waals surface area contributed by atoms with Crippen molar-refractivity contribution in [3.8, 4) is 17.1 Å². The number of rotatable bonds is 6. The second kappa shape index (κ2) is 9.15. The maximum Gasteiger partial charge on any atom is 0.234 e. The number of halogens is 1. The van der Waals surface area contributed by atoms with Gasteiger partial charge in [-0.15, -0.1) is 10.2 Å². The smallest absolute Gasteiger partial charge is 0.234 e. The summed E-state index contributed by atoms with van der Waals surface area (Å²) in [5.41, 5.74) is 3.67. The van der Waals surface area contributed by atoms with Crippen LogP contribution in [0.4, 0.5) is 5.69 Å². The fraction of sp³-hybridized carbons (Fsp3) is 0.0870. The molecule has 1 N–H and O–H groups in total. The number of hydrogen-bond donors (Lipinski definition) is 1. The van der Waals surface area contributed by atoms with Gasteiger partial charge in [-0.25, -0.2) is 0 Å². The fourth-order valence-corrected chi connectivity index (χ4v) is 3.88. The maximum absolute atomic E-state index is 12.5. The number of benzene rings is 3. The van der Waals surface area contributed by atoms with Crippen molar-refractivity contribution in [2.24, 2.45) is 0 Å². The highest BCUT2D eigenvalue weighted by atomic mass is 35.5. The van der Waals surface area contributed by atoms with Crippen LogP contribution in [-0.4, -0.2) is 26.4 Å². The molecule has 0 fully saturated rings. The van der Waals surface area contributed by atoms with E-state index in [-0.39, 0.29) is 11.7 Å². The summed E-state index contributed by atoms with van der Waals surface area (Å²) in [7, 11) is 0. The van der Waals surface area contributed by atoms with Crippen molar-refractivity contribution in [2.75, 3.05) is 11.1 Å². The van der Waals surface area contributed by atoms with E-state index in [4.69, 9.17) is 11.6 Å². The molecule has 1 heterocycles. The van der Waals surface area contributed by atoms with E-state index >= 15 is 0 Å². The topological polar surface area (TPSA) is 59.8 Å². The summed E-state index contributed by atoms with van der Waals surface area (Å²) in [6.07, 6.45) is 0. The van der Waals surface area contributed by atoms with E-state index < -0.39 is 0 Å². The van der Waals surface area contributed by atoms with Crippen molar-refractivity contribution in [1.29, 1.82) is 0 Å². The standard InChI is InChI=1S/C23H19ClN4OS/c1-16-11-13-17(14-12-16)22-26-27-23(28(22)18-7-3-2-4-8-18)30-15-21(29)25-20-10-6-5-9-19(20)24/h2-14H,15H2,1H3,(H,25,29). The lowest BCUT2D eigenvalue weighted by molar-refractivity contribution is -0.113. The summed E-state index contributed by atoms with van der Waals surface area (Å²) in [5.74, 6) is 0.757. The van der Waals surface area contributed by atoms with Crippen LogP contribution in [-0.2, 0) is 4.79 Å². The Hall–Kier alpha value is -3.09. The van der Waals surface area contributed by atoms with Crippen LogP contribution in [0.5, 0.6) is 0 Å². The van der Waals surface area contributed by atoms with E-state index in [1.807, 2.05) is 78.2 Å². The van der Waals surface area contributed by atoms with Crippen molar-refractivity contribution in [2.45, 2.75) is 12.1 Å². The molecule has 4 aromatic rings. The first-order chi connectivity index (χ1) is 14.6. The number of nitrogens with zero attached hydrogens (tertiary/aromatic N) is 3. The SMILES string of the molecule is Cc1ccc(-c2nnc(SCC(=O)Nc3ccccc3Cl)n2-c2ccccc2)cc1. The van der Waals surface area contributed by atoms with Crippen LogP contribution < -0.4 is 5.32 Å². The van der Waals surface area contributed by atoms with Gasteiger partial charge in [0.25, 0.3) is 0 Å². The van der Waals surface area contributed by atoms with Gasteiger partial charge < -0.3 is 5.32 Å². The zero-order valence-electron chi connectivity index (χ0n) is 16.2. The Morgan fingerprint density at radius 2 is 1.67 bits per heavy atom. The Bertz CT molecular complexity index is 1160. The number of carbonyl (C=O) groups excluding carboxylic acids is 1. The molecular formula is C23H19ClN4OS. The van der Waals surface area contributed by atoms with Gasteiger partial charge in [-0.05, 0) is 31.2 Å². The second-order valence-corrected chi connectivity index (χ2v) is 8.01. The van der Waals surface area contributed by atoms with Crippen molar-refractivity contribution in [3.05, 3.63) is 89.4 Å². The Labute approximate surface area is 184 Å². The molecular weight excluding hydrogens is 416 g/mol. The predicted molar refractivity (Wildman–Crippen MR) is 122 cm³/mol. The third-order valence-corrected chi connectivity index (χ3v) is 5.70. The van der Waals surface area contributed by atoms with Crippen LogP contribution in [0, 0.1) is 6.92 Å². The minimum Gasteiger partial charge on any atom is -0.324 e. The third kappa shape index (κ3) is 4.56. The van der Waals surface area contributed by atoms with Crippen LogP contribution in [0.25, 0.3) is 17.1 Å². The molecule has 0 unspecified atom stereocenters. The highest BCUT2D eigenvalue weighted by molar-refractivity contribution is 7.99. The number of hydrogen-bond acceptors (Lipinski definition) is 4. The molecule has 1 aromatic heterocycles. The molecule has 0 aliphatic carbocycles. The van der Waals surface area contributed by atoms with E-state index in [1.54, 1.807) is 12.1 Å². The van der Waals surface area contributed by atoms with Crippen LogP contribution in [0.2, 0.25) is 5.02 Å². The Morgan fingerprint density at radius 1 is 0.967 bits per heavy atom. The summed E-state index contributed by atoms with van der Waals surface area (Å²) in [5, 5.41) is 12.7. The van der Waals surface area contributed by atoms with E-state index in [2.05, 4.69) is 15.5 Å². The first-order valence-electron chi connectivity index (χ1n) is 9.37. The van der Waals surface area contributed by atoms with E-state index in [9.17, 15) is 4.79 Å². The summed E-state index contributed by atoms with van der Waals surface area (Å²) < 4.78 is 1.97. The van der Waals surface area contributed by atoms with Crippen molar-refractivity contribution >= 4 is 35.0 Å². The molecule has 0 atom stereocenters. The number of anilines is 1. The molecule has 7 heteroatoms. The number of aromatic nitrogens is 3. The summed E-state index contributed by atoms with van der Waals surface area (Å²) in [4.78, 5) is 12.5. The van der Waals surface area contributed by atoms with E-state index in [1.165, 1.54) is 17.3 Å². The average Bonchev–Trinajstić information content (AvgIpc) is 3.19. The van der Waals surface area contributed by atoms with Crippen LogP contribution >= 0.6 is 23.4 Å². The minimum absolute atomic E-state index is 0.160. The van der Waals surface area contributed by atoms with Gasteiger partial charge in [-0.2, -0.15) is 0 Å². The van der Waals surface area contributed by atoms with Crippen molar-refractivity contribution in [3.63, 3.8) is 0 Å². The number of amides is 1. The van der Waals surface area contributed by atoms with Crippen LogP contribution in [0.15, 0.2) is 84.0 Å². The van der Waals surface area contributed by atoms with Gasteiger partial charge in [-0.3, -0.25) is 9.36 Å². The van der Waals surface area contributed by atoms with E-state index in [0.29, 0.717) is 15.9 Å². The lowest BCUT2D eigenvalue weighted by Gasteiger charge is -2.11. The Balaban J connectivity index is 1.59. The molecule has 0 aliphatic rings. The normalized spacial score (nSPS) is 10.7. The lowest BCUT2D eigenvalue weighted by atomic mass is 10.1. The molecule has 30 heavy (non-hydrogen) atoms. The van der Waals surface area contributed by atoms with Gasteiger partial charge in [0.15, 0.2) is 11.0 Å². The zero-order chi connectivity index (χ0) is 20.9. The van der Waals surface area contributed by atoms with Gasteiger partial charge >= 0.3 is 0 Å². The number of carbonyl (C=O) groups is 1. The molecule has 0 saturated heterocycles. The summed E-state index contributed by atoms with van der Waals surface area (Å²) in [6.45, 7) is 2.05. The Kier molecular flexibility index (Phi) is 6.16. The van der Waals surface area contributed by atoms with Gasteiger partial charge in [-0.1, -0.05) is 83.5 Å². The number of nitrogens with one attached hydrogen (secondary N) is 1. The Morgan fingerprint density at radius 3 is 2.40 bits per heavy atom. The van der Waals surface area contributed by atoms with Crippen molar-refractivity contribution < 1.29 is 4.79 Å². The van der Waals surface area contributed by atoms with Crippen LogP contribution in [0.3, 0.4) is 0 Å². The molecule has 0 aliphatic heterocycles. The van der Waals surface area contributed by atoms with Crippen LogP contribution in [0.1, 0.15) is 5.56 Å². The third-order valence-electron chi connectivity index (χ3n) is 4.44. The molecule has 4 rings (SSSR count). The second-order valence-electron chi connectivity index (χ2n) is 6.66. The first-order valence-corrected chi connectivity index (χ1v) is 10.7. The largest absolute Gasteiger partial charge is 0.324 e. The first kappa shape index (κ1) is 20.2. The maximum atomic E-state index is 12.5. The van der Waals surface area contributed by atoms with Gasteiger partial charge in [0.2, 0.25) is 5.91 Å². The predicted octanol–water partition coefficient (Wildman–Crippen LogP) is 5.63. The molecule has 150 valence electrons. The lowest BCUT2D eigenvalue weighted by Crippen LogP contribution is -2.14. The molecule has 0 radical (unpaired) electrons. The zero-order valence-corrected chi connectivity index (χ0v) is 17.8. The summed E-state index contributed by atoms with van der Waals surface area (Å²) in [6, 6.07) is 25.2. The molecule has 1 amide bonds. The quantitative estimate of drug-likeness (QED) is 0.400. The van der Waals surface area contributed by atoms with Gasteiger partial charge in [0, 0.05) is 11.3 Å². The fourth-order valence-electron chi connectivity index (χ4n) is 2.94. The highest BCUT2D eigenvalue weighted by Gasteiger charge is 2.17. The minimum atomic E-state index is -0.160.